The predicted molar refractivity (Wildman–Crippen MR) is 141 cm³/mol. The Labute approximate surface area is 209 Å². The SMILES string of the molecule is COc1ccc(/C(Nc2ccc(CN3CCCCC3)cc2)=C2/C(=O)Nc3ccc([N+](=O)[O-])cc32)cc1. The van der Waals surface area contributed by atoms with E-state index in [4.69, 9.17) is 4.74 Å². The minimum atomic E-state index is -0.456. The van der Waals surface area contributed by atoms with Crippen molar-refractivity contribution in [3.63, 3.8) is 0 Å². The molecule has 0 unspecified atom stereocenters. The third kappa shape index (κ3) is 4.94. The van der Waals surface area contributed by atoms with E-state index in [-0.39, 0.29) is 11.6 Å². The fourth-order valence-corrected chi connectivity index (χ4v) is 4.77. The number of carbonyl (C=O) groups is 1. The van der Waals surface area contributed by atoms with Crippen molar-refractivity contribution >= 4 is 34.2 Å². The average Bonchev–Trinajstić information content (AvgIpc) is 3.23. The van der Waals surface area contributed by atoms with E-state index in [1.54, 1.807) is 13.2 Å². The number of nitrogens with one attached hydrogen (secondary N) is 2. The van der Waals surface area contributed by atoms with Gasteiger partial charge in [-0.1, -0.05) is 18.6 Å². The number of fused-ring (bicyclic) bond motifs is 1. The molecule has 0 saturated carbocycles. The Morgan fingerprint density at radius 3 is 2.42 bits per heavy atom. The van der Waals surface area contributed by atoms with Crippen molar-refractivity contribution in [1.29, 1.82) is 0 Å². The smallest absolute Gasteiger partial charge is 0.270 e. The summed E-state index contributed by atoms with van der Waals surface area (Å²) in [7, 11) is 1.60. The minimum Gasteiger partial charge on any atom is -0.497 e. The second kappa shape index (κ2) is 10.2. The molecule has 0 atom stereocenters. The highest BCUT2D eigenvalue weighted by molar-refractivity contribution is 6.37. The van der Waals surface area contributed by atoms with Gasteiger partial charge in [0.1, 0.15) is 5.75 Å². The molecular weight excluding hydrogens is 456 g/mol. The largest absolute Gasteiger partial charge is 0.497 e. The van der Waals surface area contributed by atoms with Gasteiger partial charge in [0.25, 0.3) is 11.6 Å². The van der Waals surface area contributed by atoms with E-state index in [2.05, 4.69) is 27.7 Å². The Hall–Kier alpha value is -4.17. The standard InChI is InChI=1S/C28H28N4O4/c1-36-23-12-7-20(8-13-23)27(26-24-17-22(32(34)35)11-14-25(24)30-28(26)33)29-21-9-5-19(6-10-21)18-31-15-3-2-4-16-31/h5-14,17,29H,2-4,15-16,18H2,1H3,(H,30,33)/b27-26-. The molecule has 2 aliphatic heterocycles. The van der Waals surface area contributed by atoms with Crippen molar-refractivity contribution in [1.82, 2.24) is 4.90 Å². The molecule has 8 nitrogen and oxygen atoms in total. The summed E-state index contributed by atoms with van der Waals surface area (Å²) < 4.78 is 5.29. The molecule has 2 heterocycles. The number of amides is 1. The Kier molecular flexibility index (Phi) is 6.69. The molecule has 3 aromatic carbocycles. The van der Waals surface area contributed by atoms with Gasteiger partial charge >= 0.3 is 0 Å². The normalized spacial score (nSPS) is 16.8. The van der Waals surface area contributed by atoms with E-state index in [1.807, 2.05) is 36.4 Å². The van der Waals surface area contributed by atoms with E-state index in [9.17, 15) is 14.9 Å². The summed E-state index contributed by atoms with van der Waals surface area (Å²) in [5.41, 5.74) is 4.72. The fraction of sp³-hybridized carbons (Fsp3) is 0.250. The molecular formula is C28H28N4O4. The molecule has 0 aliphatic carbocycles. The summed E-state index contributed by atoms with van der Waals surface area (Å²) in [4.78, 5) is 26.5. The van der Waals surface area contributed by atoms with Crippen LogP contribution in [0.4, 0.5) is 17.1 Å². The molecule has 1 fully saturated rings. The highest BCUT2D eigenvalue weighted by atomic mass is 16.6. The van der Waals surface area contributed by atoms with Crippen molar-refractivity contribution in [2.45, 2.75) is 25.8 Å². The van der Waals surface area contributed by atoms with Gasteiger partial charge in [0.2, 0.25) is 0 Å². The van der Waals surface area contributed by atoms with Gasteiger partial charge in [0.05, 0.1) is 23.3 Å². The van der Waals surface area contributed by atoms with Gasteiger partial charge in [-0.25, -0.2) is 0 Å². The molecule has 1 amide bonds. The van der Waals surface area contributed by atoms with Crippen LogP contribution in [-0.4, -0.2) is 35.9 Å². The number of ether oxygens (including phenoxy) is 1. The second-order valence-electron chi connectivity index (χ2n) is 9.08. The fourth-order valence-electron chi connectivity index (χ4n) is 4.77. The maximum atomic E-state index is 13.1. The summed E-state index contributed by atoms with van der Waals surface area (Å²) in [6, 6.07) is 20.0. The molecule has 8 heteroatoms. The van der Waals surface area contributed by atoms with Crippen LogP contribution in [-0.2, 0) is 11.3 Å². The molecule has 0 bridgehead atoms. The van der Waals surface area contributed by atoms with Crippen LogP contribution in [0.2, 0.25) is 0 Å². The maximum Gasteiger partial charge on any atom is 0.270 e. The number of piperidine rings is 1. The number of non-ortho nitro benzene ring substituents is 1. The highest BCUT2D eigenvalue weighted by Gasteiger charge is 2.30. The second-order valence-corrected chi connectivity index (χ2v) is 9.08. The van der Waals surface area contributed by atoms with Gasteiger partial charge in [-0.15, -0.1) is 0 Å². The molecule has 2 N–H and O–H groups in total. The first-order valence-electron chi connectivity index (χ1n) is 12.1. The van der Waals surface area contributed by atoms with Gasteiger partial charge in [0, 0.05) is 35.6 Å². The van der Waals surface area contributed by atoms with Gasteiger partial charge in [-0.05, 0) is 79.5 Å². The van der Waals surface area contributed by atoms with Crippen LogP contribution < -0.4 is 15.4 Å². The number of hydrogen-bond donors (Lipinski definition) is 2. The van der Waals surface area contributed by atoms with E-state index in [1.165, 1.54) is 37.0 Å². The highest BCUT2D eigenvalue weighted by Crippen LogP contribution is 2.39. The quantitative estimate of drug-likeness (QED) is 0.260. The summed E-state index contributed by atoms with van der Waals surface area (Å²) >= 11 is 0. The minimum absolute atomic E-state index is 0.0705. The predicted octanol–water partition coefficient (Wildman–Crippen LogP) is 5.52. The molecule has 1 saturated heterocycles. The van der Waals surface area contributed by atoms with Crippen molar-refractivity contribution < 1.29 is 14.5 Å². The van der Waals surface area contributed by atoms with Crippen LogP contribution in [0.3, 0.4) is 0 Å². The van der Waals surface area contributed by atoms with Crippen LogP contribution in [0.1, 0.15) is 36.0 Å². The summed E-state index contributed by atoms with van der Waals surface area (Å²) in [6.07, 6.45) is 3.81. The Balaban J connectivity index is 1.52. The molecule has 0 radical (unpaired) electrons. The lowest BCUT2D eigenvalue weighted by atomic mass is 9.99. The maximum absolute atomic E-state index is 13.1. The van der Waals surface area contributed by atoms with Crippen LogP contribution in [0, 0.1) is 10.1 Å². The van der Waals surface area contributed by atoms with Crippen molar-refractivity contribution in [2.75, 3.05) is 30.8 Å². The van der Waals surface area contributed by atoms with Crippen molar-refractivity contribution in [3.05, 3.63) is 93.5 Å². The molecule has 5 rings (SSSR count). The van der Waals surface area contributed by atoms with Gasteiger partial charge < -0.3 is 15.4 Å². The van der Waals surface area contributed by atoms with Gasteiger partial charge in [-0.2, -0.15) is 0 Å². The van der Waals surface area contributed by atoms with E-state index >= 15 is 0 Å². The zero-order chi connectivity index (χ0) is 25.1. The number of benzene rings is 3. The lowest BCUT2D eigenvalue weighted by Crippen LogP contribution is -2.29. The van der Waals surface area contributed by atoms with Gasteiger partial charge in [-0.3, -0.25) is 19.8 Å². The summed E-state index contributed by atoms with van der Waals surface area (Å²) in [5.74, 6) is 0.377. The van der Waals surface area contributed by atoms with Gasteiger partial charge in [0.15, 0.2) is 0 Å². The van der Waals surface area contributed by atoms with Crippen LogP contribution in [0.25, 0.3) is 11.3 Å². The number of anilines is 2. The zero-order valence-corrected chi connectivity index (χ0v) is 20.1. The summed E-state index contributed by atoms with van der Waals surface area (Å²) in [6.45, 7) is 3.19. The Morgan fingerprint density at radius 2 is 1.75 bits per heavy atom. The topological polar surface area (TPSA) is 96.7 Å². The molecule has 36 heavy (non-hydrogen) atoms. The number of carbonyl (C=O) groups excluding carboxylic acids is 1. The lowest BCUT2D eigenvalue weighted by Gasteiger charge is -2.26. The third-order valence-electron chi connectivity index (χ3n) is 6.67. The van der Waals surface area contributed by atoms with Crippen LogP contribution >= 0.6 is 0 Å². The number of likely N-dealkylation sites (tertiary alicyclic amines) is 1. The third-order valence-corrected chi connectivity index (χ3v) is 6.67. The number of rotatable bonds is 7. The monoisotopic (exact) mass is 484 g/mol. The Morgan fingerprint density at radius 1 is 1.03 bits per heavy atom. The average molecular weight is 485 g/mol. The van der Waals surface area contributed by atoms with Crippen molar-refractivity contribution in [3.8, 4) is 5.75 Å². The zero-order valence-electron chi connectivity index (χ0n) is 20.1. The van der Waals surface area contributed by atoms with E-state index in [0.717, 1.165) is 30.9 Å². The molecule has 3 aromatic rings. The van der Waals surface area contributed by atoms with E-state index < -0.39 is 4.92 Å². The van der Waals surface area contributed by atoms with Crippen LogP contribution in [0.15, 0.2) is 66.7 Å². The summed E-state index contributed by atoms with van der Waals surface area (Å²) in [5, 5.41) is 17.7. The van der Waals surface area contributed by atoms with Crippen LogP contribution in [0.5, 0.6) is 5.75 Å². The number of nitro groups is 1. The molecule has 2 aliphatic rings. The first-order valence-corrected chi connectivity index (χ1v) is 12.1. The van der Waals surface area contributed by atoms with Crippen molar-refractivity contribution in [2.24, 2.45) is 0 Å². The molecule has 184 valence electrons. The first-order chi connectivity index (χ1) is 17.5. The molecule has 0 aromatic heterocycles. The lowest BCUT2D eigenvalue weighted by molar-refractivity contribution is -0.384. The number of nitrogens with zero attached hydrogens (tertiary/aromatic N) is 2. The van der Waals surface area contributed by atoms with E-state index in [0.29, 0.717) is 28.3 Å². The Bertz CT molecular complexity index is 1310. The first kappa shape index (κ1) is 23.6. The number of nitro benzene ring substituents is 1. The number of hydrogen-bond acceptors (Lipinski definition) is 6. The molecule has 0 spiro atoms. The number of methoxy groups -OCH3 is 1.